The summed E-state index contributed by atoms with van der Waals surface area (Å²) in [5, 5.41) is 0. The van der Waals surface area contributed by atoms with Crippen LogP contribution in [0.15, 0.2) is 152 Å². The van der Waals surface area contributed by atoms with Gasteiger partial charge in [-0.25, -0.2) is 0 Å². The minimum absolute atomic E-state index is 0.278. The molecule has 0 spiro atoms. The maximum atomic E-state index is 6.99. The van der Waals surface area contributed by atoms with Crippen molar-refractivity contribution in [2.24, 2.45) is 0 Å². The van der Waals surface area contributed by atoms with Gasteiger partial charge in [-0.05, 0) is 27.8 Å². The number of benzene rings is 5. The van der Waals surface area contributed by atoms with Gasteiger partial charge in [-0.1, -0.05) is 152 Å². The molecule has 6 heteroatoms. The summed E-state index contributed by atoms with van der Waals surface area (Å²) in [6.45, 7) is 1.83. The van der Waals surface area contributed by atoms with E-state index in [1.54, 1.807) is 0 Å². The van der Waals surface area contributed by atoms with Crippen molar-refractivity contribution >= 4 is 12.6 Å². The number of ether oxygens (including phenoxy) is 5. The molecule has 46 heavy (non-hydrogen) atoms. The molecule has 5 aromatic carbocycles. The molecule has 6 rings (SSSR count). The third kappa shape index (κ3) is 8.34. The lowest BCUT2D eigenvalue weighted by atomic mass is 9.89. The van der Waals surface area contributed by atoms with E-state index >= 15 is 0 Å². The molecule has 0 aromatic heterocycles. The standard InChI is InChI=1S/C40H40O5S/c46-40(35-24-14-5-15-25-35)39(44-29-34-22-12-4-13-23-34)38(43-28-33-20-10-3-11-21-33)37(42-27-32-18-8-2-9-19-32)36(45-40)30-41-26-31-16-6-1-7-17-31/h1-25,36-39,46H,26-30H2/t36-,37-,38+,39+,40+/m1/s1. The first-order valence-electron chi connectivity index (χ1n) is 15.7. The molecule has 0 bridgehead atoms. The molecule has 236 valence electrons. The summed E-state index contributed by atoms with van der Waals surface area (Å²) in [5.74, 6) is 0. The third-order valence-electron chi connectivity index (χ3n) is 8.13. The SMILES string of the molecule is S[C@]1(c2ccccc2)O[C@H](COCc2ccccc2)[C@@H](OCc2ccccc2)[C@H](OCc2ccccc2)[C@@H]1OCc1ccccc1. The van der Waals surface area contributed by atoms with Gasteiger partial charge in [0.15, 0.2) is 4.93 Å². The number of hydrogen-bond acceptors (Lipinski definition) is 6. The van der Waals surface area contributed by atoms with Gasteiger partial charge in [0, 0.05) is 0 Å². The van der Waals surface area contributed by atoms with Crippen LogP contribution in [0.3, 0.4) is 0 Å². The van der Waals surface area contributed by atoms with Crippen LogP contribution in [0.1, 0.15) is 27.8 Å². The van der Waals surface area contributed by atoms with Crippen molar-refractivity contribution in [1.29, 1.82) is 0 Å². The van der Waals surface area contributed by atoms with Gasteiger partial charge >= 0.3 is 0 Å². The van der Waals surface area contributed by atoms with Gasteiger partial charge < -0.3 is 23.7 Å². The Kier molecular flexibility index (Phi) is 11.3. The summed E-state index contributed by atoms with van der Waals surface area (Å²) in [4.78, 5) is -1.16. The van der Waals surface area contributed by atoms with Crippen LogP contribution in [-0.2, 0) is 55.0 Å². The summed E-state index contributed by atoms with van der Waals surface area (Å²) >= 11 is 5.31. The predicted molar refractivity (Wildman–Crippen MR) is 183 cm³/mol. The molecule has 0 saturated carbocycles. The molecule has 1 aliphatic heterocycles. The Labute approximate surface area is 277 Å². The zero-order valence-electron chi connectivity index (χ0n) is 25.8. The summed E-state index contributed by atoms with van der Waals surface area (Å²) in [7, 11) is 0. The number of thiol groups is 1. The zero-order chi connectivity index (χ0) is 31.4. The third-order valence-corrected chi connectivity index (χ3v) is 8.75. The fourth-order valence-corrected chi connectivity index (χ4v) is 6.27. The molecule has 0 N–H and O–H groups in total. The Hall–Kier alpha value is -3.75. The van der Waals surface area contributed by atoms with E-state index < -0.39 is 29.3 Å². The van der Waals surface area contributed by atoms with E-state index in [0.29, 0.717) is 26.4 Å². The van der Waals surface area contributed by atoms with Gasteiger partial charge in [-0.2, -0.15) is 0 Å². The smallest absolute Gasteiger partial charge is 0.165 e. The lowest BCUT2D eigenvalue weighted by molar-refractivity contribution is -0.286. The molecule has 0 amide bonds. The highest BCUT2D eigenvalue weighted by Crippen LogP contribution is 2.45. The van der Waals surface area contributed by atoms with Crippen LogP contribution >= 0.6 is 12.6 Å². The predicted octanol–water partition coefficient (Wildman–Crippen LogP) is 8.14. The molecule has 5 nitrogen and oxygen atoms in total. The maximum absolute atomic E-state index is 6.99. The lowest BCUT2D eigenvalue weighted by Gasteiger charge is -2.51. The van der Waals surface area contributed by atoms with Crippen LogP contribution in [0.25, 0.3) is 0 Å². The molecule has 0 radical (unpaired) electrons. The molecular weight excluding hydrogens is 593 g/mol. The highest BCUT2D eigenvalue weighted by Gasteiger charge is 2.56. The van der Waals surface area contributed by atoms with Crippen LogP contribution < -0.4 is 0 Å². The van der Waals surface area contributed by atoms with Gasteiger partial charge in [0.2, 0.25) is 0 Å². The Balaban J connectivity index is 1.36. The van der Waals surface area contributed by atoms with Crippen LogP contribution in [0.5, 0.6) is 0 Å². The molecular formula is C40H40O5S. The van der Waals surface area contributed by atoms with Gasteiger partial charge in [0.25, 0.3) is 0 Å². The quantitative estimate of drug-likeness (QED) is 0.125. The molecule has 1 aliphatic rings. The average Bonchev–Trinajstić information content (AvgIpc) is 3.12. The molecule has 0 aliphatic carbocycles. The highest BCUT2D eigenvalue weighted by molar-refractivity contribution is 7.81. The van der Waals surface area contributed by atoms with E-state index in [2.05, 4.69) is 48.5 Å². The summed E-state index contributed by atoms with van der Waals surface area (Å²) in [6, 6.07) is 50.6. The van der Waals surface area contributed by atoms with E-state index in [9.17, 15) is 0 Å². The van der Waals surface area contributed by atoms with Gasteiger partial charge in [0.05, 0.1) is 33.0 Å². The molecule has 5 aromatic rings. The second kappa shape index (κ2) is 16.2. The van der Waals surface area contributed by atoms with Gasteiger partial charge in [-0.15, -0.1) is 12.6 Å². The van der Waals surface area contributed by atoms with Gasteiger partial charge in [0.1, 0.15) is 24.4 Å². The Morgan fingerprint density at radius 1 is 0.478 bits per heavy atom. The normalized spacial score (nSPS) is 22.8. The lowest BCUT2D eigenvalue weighted by Crippen LogP contribution is -2.63. The molecule has 5 atom stereocenters. The maximum Gasteiger partial charge on any atom is 0.165 e. The van der Waals surface area contributed by atoms with Crippen molar-refractivity contribution in [1.82, 2.24) is 0 Å². The van der Waals surface area contributed by atoms with Crippen molar-refractivity contribution in [3.05, 3.63) is 179 Å². The first kappa shape index (κ1) is 32.2. The molecule has 1 saturated heterocycles. The van der Waals surface area contributed by atoms with Crippen molar-refractivity contribution in [2.75, 3.05) is 6.61 Å². The second-order valence-corrected chi connectivity index (χ2v) is 12.1. The molecule has 1 heterocycles. The summed E-state index contributed by atoms with van der Waals surface area (Å²) in [5.41, 5.74) is 5.11. The van der Waals surface area contributed by atoms with Crippen molar-refractivity contribution in [3.8, 4) is 0 Å². The van der Waals surface area contributed by atoms with E-state index in [1.165, 1.54) is 0 Å². The van der Waals surface area contributed by atoms with E-state index in [4.69, 9.17) is 36.3 Å². The largest absolute Gasteiger partial charge is 0.374 e. The zero-order valence-corrected chi connectivity index (χ0v) is 26.7. The molecule has 1 fully saturated rings. The van der Waals surface area contributed by atoms with E-state index in [-0.39, 0.29) is 6.61 Å². The highest BCUT2D eigenvalue weighted by atomic mass is 32.1. The first-order valence-corrected chi connectivity index (χ1v) is 16.2. The monoisotopic (exact) mass is 632 g/mol. The van der Waals surface area contributed by atoms with Crippen LogP contribution in [0.2, 0.25) is 0 Å². The fourth-order valence-electron chi connectivity index (χ4n) is 5.76. The minimum Gasteiger partial charge on any atom is -0.374 e. The van der Waals surface area contributed by atoms with Crippen molar-refractivity contribution in [2.45, 2.75) is 55.8 Å². The number of rotatable bonds is 14. The fraction of sp³-hybridized carbons (Fsp3) is 0.250. The summed E-state index contributed by atoms with van der Waals surface area (Å²) in [6.07, 6.45) is -2.22. The Bertz CT molecular complexity index is 1570. The van der Waals surface area contributed by atoms with Crippen LogP contribution in [-0.4, -0.2) is 31.0 Å². The second-order valence-electron chi connectivity index (χ2n) is 11.5. The van der Waals surface area contributed by atoms with Crippen molar-refractivity contribution < 1.29 is 23.7 Å². The first-order chi connectivity index (χ1) is 22.7. The Morgan fingerprint density at radius 3 is 1.35 bits per heavy atom. The van der Waals surface area contributed by atoms with Gasteiger partial charge in [-0.3, -0.25) is 0 Å². The number of hydrogen-bond donors (Lipinski definition) is 1. The topological polar surface area (TPSA) is 46.2 Å². The van der Waals surface area contributed by atoms with Crippen LogP contribution in [0.4, 0.5) is 0 Å². The van der Waals surface area contributed by atoms with Crippen LogP contribution in [0, 0.1) is 0 Å². The van der Waals surface area contributed by atoms with E-state index in [0.717, 1.165) is 27.8 Å². The minimum atomic E-state index is -1.16. The Morgan fingerprint density at radius 2 is 0.870 bits per heavy atom. The van der Waals surface area contributed by atoms with E-state index in [1.807, 2.05) is 103 Å². The average molecular weight is 633 g/mol. The van der Waals surface area contributed by atoms with Crippen molar-refractivity contribution in [3.63, 3.8) is 0 Å². The summed E-state index contributed by atoms with van der Waals surface area (Å²) < 4.78 is 33.7. The molecule has 0 unspecified atom stereocenters.